The molecule has 0 aromatic heterocycles. The van der Waals surface area contributed by atoms with Crippen molar-refractivity contribution in [3.05, 3.63) is 0 Å². The zero-order valence-electron chi connectivity index (χ0n) is 37.8. The second kappa shape index (κ2) is 40.6. The van der Waals surface area contributed by atoms with Crippen LogP contribution in [0.4, 0.5) is 0 Å². The number of aliphatic hydroxyl groups is 4. The molecular weight excluding hydrogens is 715 g/mol. The number of ether oxygens (including phenoxy) is 2. The molecule has 5 N–H and O–H groups in total. The number of hydrogen-bond acceptors (Lipinski definition) is 7. The van der Waals surface area contributed by atoms with Crippen molar-refractivity contribution in [2.45, 2.75) is 295 Å². The van der Waals surface area contributed by atoms with Gasteiger partial charge in [0.2, 0.25) is 5.91 Å². The number of amides is 1. The fourth-order valence-corrected chi connectivity index (χ4v) is 8.39. The summed E-state index contributed by atoms with van der Waals surface area (Å²) in [5, 5.41) is 43.4. The van der Waals surface area contributed by atoms with Crippen molar-refractivity contribution in [3.8, 4) is 0 Å². The summed E-state index contributed by atoms with van der Waals surface area (Å²) in [5.74, 6) is 0.0237. The molecule has 8 heteroatoms. The topological polar surface area (TPSA) is 128 Å². The van der Waals surface area contributed by atoms with Crippen LogP contribution in [0.5, 0.6) is 0 Å². The van der Waals surface area contributed by atoms with E-state index in [1.54, 1.807) is 0 Å². The van der Waals surface area contributed by atoms with E-state index in [0.717, 1.165) is 32.1 Å². The molecular formula is C49H97NO7. The molecule has 0 aromatic rings. The first kappa shape index (κ1) is 54.2. The van der Waals surface area contributed by atoms with Crippen LogP contribution in [0.3, 0.4) is 0 Å². The quantitative estimate of drug-likeness (QED) is 0.0388. The normalized spacial score (nSPS) is 20.3. The molecule has 1 rings (SSSR count). The van der Waals surface area contributed by atoms with Crippen LogP contribution in [0.2, 0.25) is 0 Å². The van der Waals surface area contributed by atoms with Crippen molar-refractivity contribution >= 4 is 5.91 Å². The standard InChI is InChI=1S/C49H97NO7/c1-3-5-7-9-11-13-15-17-18-19-20-21-22-23-24-25-26-28-30-32-34-36-38-40-45(52)50-43(42-56-49-48(55)47(54)46(53)44(41-51)57-49)39-37-35-33-31-29-27-16-14-12-10-8-6-4-2/h43-44,46-49,51,53-55H,3-42H2,1-2H3,(H,50,52)/t43-,44-,46+,47+,48-,49+/m1/s1. The average molecular weight is 812 g/mol. The van der Waals surface area contributed by atoms with Crippen LogP contribution >= 0.6 is 0 Å². The fourth-order valence-electron chi connectivity index (χ4n) is 8.39. The predicted octanol–water partition coefficient (Wildman–Crippen LogP) is 12.2. The van der Waals surface area contributed by atoms with Gasteiger partial charge in [-0.3, -0.25) is 4.79 Å². The molecule has 1 amide bonds. The van der Waals surface area contributed by atoms with Gasteiger partial charge in [-0.15, -0.1) is 0 Å². The molecule has 0 bridgehead atoms. The second-order valence-electron chi connectivity index (χ2n) is 17.9. The minimum absolute atomic E-state index is 0.0237. The predicted molar refractivity (Wildman–Crippen MR) is 238 cm³/mol. The number of carbonyl (C=O) groups is 1. The lowest BCUT2D eigenvalue weighted by Crippen LogP contribution is -2.59. The van der Waals surface area contributed by atoms with Crippen LogP contribution < -0.4 is 5.32 Å². The van der Waals surface area contributed by atoms with Crippen LogP contribution in [-0.4, -0.2) is 76.3 Å². The summed E-state index contributed by atoms with van der Waals surface area (Å²) in [4.78, 5) is 13.0. The Morgan fingerprint density at radius 1 is 0.491 bits per heavy atom. The lowest BCUT2D eigenvalue weighted by molar-refractivity contribution is -0.302. The maximum absolute atomic E-state index is 13.0. The molecule has 1 heterocycles. The Labute approximate surface area is 352 Å². The number of carbonyl (C=O) groups excluding carboxylic acids is 1. The molecule has 0 spiro atoms. The Morgan fingerprint density at radius 3 is 1.18 bits per heavy atom. The van der Waals surface area contributed by atoms with E-state index in [1.807, 2.05) is 0 Å². The molecule has 1 saturated heterocycles. The lowest BCUT2D eigenvalue weighted by Gasteiger charge is -2.40. The summed E-state index contributed by atoms with van der Waals surface area (Å²) in [6.45, 7) is 4.19. The maximum Gasteiger partial charge on any atom is 0.220 e. The van der Waals surface area contributed by atoms with Gasteiger partial charge in [-0.25, -0.2) is 0 Å². The Balaban J connectivity index is 2.15. The molecule has 1 fully saturated rings. The first-order valence-corrected chi connectivity index (χ1v) is 25.2. The zero-order valence-corrected chi connectivity index (χ0v) is 37.8. The van der Waals surface area contributed by atoms with Crippen molar-refractivity contribution in [3.63, 3.8) is 0 Å². The highest BCUT2D eigenvalue weighted by Crippen LogP contribution is 2.23. The van der Waals surface area contributed by atoms with Crippen LogP contribution in [0, 0.1) is 0 Å². The first-order chi connectivity index (χ1) is 27.9. The van der Waals surface area contributed by atoms with E-state index in [2.05, 4.69) is 19.2 Å². The lowest BCUT2D eigenvalue weighted by atomic mass is 9.99. The number of unbranched alkanes of at least 4 members (excludes halogenated alkanes) is 34. The van der Waals surface area contributed by atoms with E-state index in [9.17, 15) is 25.2 Å². The molecule has 0 unspecified atom stereocenters. The first-order valence-electron chi connectivity index (χ1n) is 25.2. The van der Waals surface area contributed by atoms with Crippen LogP contribution in [0.25, 0.3) is 0 Å². The number of hydrogen-bond donors (Lipinski definition) is 5. The minimum Gasteiger partial charge on any atom is -0.394 e. The van der Waals surface area contributed by atoms with Crippen LogP contribution in [-0.2, 0) is 14.3 Å². The molecule has 0 saturated carbocycles. The highest BCUT2D eigenvalue weighted by molar-refractivity contribution is 5.76. The third kappa shape index (κ3) is 31.7. The van der Waals surface area contributed by atoms with Gasteiger partial charge in [0, 0.05) is 6.42 Å². The molecule has 0 radical (unpaired) electrons. The molecule has 8 nitrogen and oxygen atoms in total. The van der Waals surface area contributed by atoms with Crippen molar-refractivity contribution in [2.75, 3.05) is 13.2 Å². The summed E-state index contributed by atoms with van der Waals surface area (Å²) in [6.07, 6.45) is 42.4. The summed E-state index contributed by atoms with van der Waals surface area (Å²) in [6, 6.07) is -0.234. The van der Waals surface area contributed by atoms with Gasteiger partial charge in [-0.05, 0) is 12.8 Å². The van der Waals surface area contributed by atoms with Gasteiger partial charge in [-0.1, -0.05) is 239 Å². The van der Waals surface area contributed by atoms with Crippen molar-refractivity contribution < 1.29 is 34.7 Å². The molecule has 1 aliphatic heterocycles. The van der Waals surface area contributed by atoms with Gasteiger partial charge in [0.15, 0.2) is 6.29 Å². The maximum atomic E-state index is 13.0. The van der Waals surface area contributed by atoms with Gasteiger partial charge in [-0.2, -0.15) is 0 Å². The van der Waals surface area contributed by atoms with Crippen LogP contribution in [0.1, 0.15) is 258 Å². The smallest absolute Gasteiger partial charge is 0.220 e. The van der Waals surface area contributed by atoms with E-state index in [4.69, 9.17) is 9.47 Å². The molecule has 57 heavy (non-hydrogen) atoms. The second-order valence-corrected chi connectivity index (χ2v) is 17.9. The van der Waals surface area contributed by atoms with Crippen LogP contribution in [0.15, 0.2) is 0 Å². The van der Waals surface area contributed by atoms with E-state index < -0.39 is 37.3 Å². The van der Waals surface area contributed by atoms with Crippen molar-refractivity contribution in [1.82, 2.24) is 5.32 Å². The Morgan fingerprint density at radius 2 is 0.825 bits per heavy atom. The third-order valence-corrected chi connectivity index (χ3v) is 12.3. The zero-order chi connectivity index (χ0) is 41.4. The molecule has 6 atom stereocenters. The van der Waals surface area contributed by atoms with Crippen molar-refractivity contribution in [1.29, 1.82) is 0 Å². The Kier molecular flexibility index (Phi) is 38.7. The Hall–Kier alpha value is -0.770. The third-order valence-electron chi connectivity index (χ3n) is 12.3. The molecule has 0 aromatic carbocycles. The van der Waals surface area contributed by atoms with E-state index in [0.29, 0.717) is 6.42 Å². The SMILES string of the molecule is CCCCCCCCCCCCCCCCCCCCCCCCCC(=O)N[C@H](CCCCCCCCCCCCCCC)CO[C@H]1O[C@H](CO)[C@H](O)[C@H](O)[C@H]1O. The fraction of sp³-hybridized carbons (Fsp3) is 0.980. The van der Waals surface area contributed by atoms with E-state index >= 15 is 0 Å². The summed E-state index contributed by atoms with van der Waals surface area (Å²) in [5.41, 5.74) is 0. The highest BCUT2D eigenvalue weighted by Gasteiger charge is 2.44. The van der Waals surface area contributed by atoms with Gasteiger partial charge in [0.25, 0.3) is 0 Å². The summed E-state index contributed by atoms with van der Waals surface area (Å²) in [7, 11) is 0. The largest absolute Gasteiger partial charge is 0.394 e. The number of rotatable bonds is 43. The van der Waals surface area contributed by atoms with Gasteiger partial charge < -0.3 is 35.2 Å². The molecule has 1 aliphatic rings. The summed E-state index contributed by atoms with van der Waals surface area (Å²) >= 11 is 0. The minimum atomic E-state index is -1.48. The van der Waals surface area contributed by atoms with E-state index in [1.165, 1.54) is 205 Å². The van der Waals surface area contributed by atoms with E-state index in [-0.39, 0.29) is 18.6 Å². The van der Waals surface area contributed by atoms with Gasteiger partial charge in [0.1, 0.15) is 24.4 Å². The summed E-state index contributed by atoms with van der Waals surface area (Å²) < 4.78 is 11.4. The van der Waals surface area contributed by atoms with Gasteiger partial charge in [0.05, 0.1) is 19.3 Å². The molecule has 340 valence electrons. The Bertz CT molecular complexity index is 845. The number of aliphatic hydroxyl groups excluding tert-OH is 4. The molecule has 0 aliphatic carbocycles. The highest BCUT2D eigenvalue weighted by atomic mass is 16.7. The van der Waals surface area contributed by atoms with Crippen molar-refractivity contribution in [2.24, 2.45) is 0 Å². The monoisotopic (exact) mass is 812 g/mol. The van der Waals surface area contributed by atoms with Gasteiger partial charge >= 0.3 is 0 Å². The number of nitrogens with one attached hydrogen (secondary N) is 1. The average Bonchev–Trinajstić information content (AvgIpc) is 3.21.